The van der Waals surface area contributed by atoms with Gasteiger partial charge in [0.2, 0.25) is 0 Å². The number of hydrogen-bond donors (Lipinski definition) is 0. The Balaban J connectivity index is 0.000000791. The molecule has 0 nitrogen and oxygen atoms in total. The smallest absolute Gasteiger partial charge is 0.0408 e. The summed E-state index contributed by atoms with van der Waals surface area (Å²) in [5.74, 6) is 0.713. The first-order chi connectivity index (χ1) is 6.59. The van der Waals surface area contributed by atoms with Crippen molar-refractivity contribution in [2.75, 3.05) is 0 Å². The summed E-state index contributed by atoms with van der Waals surface area (Å²) >= 11 is 5.85. The van der Waals surface area contributed by atoms with Crippen LogP contribution in [0.5, 0.6) is 0 Å². The lowest BCUT2D eigenvalue weighted by Crippen LogP contribution is -1.96. The lowest BCUT2D eigenvalue weighted by Gasteiger charge is -2.08. The quantitative estimate of drug-likeness (QED) is 0.656. The third-order valence-corrected chi connectivity index (χ3v) is 2.17. The van der Waals surface area contributed by atoms with E-state index in [1.165, 1.54) is 11.1 Å². The van der Waals surface area contributed by atoms with E-state index in [0.29, 0.717) is 5.92 Å². The second-order valence-electron chi connectivity index (χ2n) is 3.67. The van der Waals surface area contributed by atoms with Gasteiger partial charge in [-0.25, -0.2) is 0 Å². The van der Waals surface area contributed by atoms with E-state index < -0.39 is 0 Å². The van der Waals surface area contributed by atoms with Crippen molar-refractivity contribution in [3.8, 4) is 0 Å². The van der Waals surface area contributed by atoms with Crippen molar-refractivity contribution in [1.29, 1.82) is 0 Å². The van der Waals surface area contributed by atoms with Gasteiger partial charge in [0.1, 0.15) is 0 Å². The van der Waals surface area contributed by atoms with Gasteiger partial charge < -0.3 is 0 Å². The van der Waals surface area contributed by atoms with Crippen LogP contribution in [0.25, 0.3) is 0 Å². The Hall–Kier alpha value is -0.490. The first-order valence-electron chi connectivity index (χ1n) is 5.34. The molecule has 0 fully saturated rings. The molecule has 80 valence electrons. The van der Waals surface area contributed by atoms with E-state index in [9.17, 15) is 0 Å². The zero-order valence-corrected chi connectivity index (χ0v) is 10.7. The summed E-state index contributed by atoms with van der Waals surface area (Å²) in [5, 5.41) is 0.833. The molecular formula is C13H21Cl. The van der Waals surface area contributed by atoms with Gasteiger partial charge in [0.25, 0.3) is 0 Å². The summed E-state index contributed by atoms with van der Waals surface area (Å²) in [5.41, 5.74) is 2.71. The highest BCUT2D eigenvalue weighted by atomic mass is 35.5. The van der Waals surface area contributed by atoms with Crippen LogP contribution in [-0.4, -0.2) is 0 Å². The Labute approximate surface area is 93.3 Å². The lowest BCUT2D eigenvalue weighted by molar-refractivity contribution is 0.645. The molecular weight excluding hydrogens is 192 g/mol. The van der Waals surface area contributed by atoms with Crippen molar-refractivity contribution in [3.63, 3.8) is 0 Å². The van der Waals surface area contributed by atoms with Crippen LogP contribution in [0.4, 0.5) is 0 Å². The van der Waals surface area contributed by atoms with E-state index >= 15 is 0 Å². The van der Waals surface area contributed by atoms with Crippen molar-refractivity contribution in [2.24, 2.45) is 5.92 Å². The fraction of sp³-hybridized carbons (Fsp3) is 0.538. The third kappa shape index (κ3) is 4.66. The predicted molar refractivity (Wildman–Crippen MR) is 66.1 cm³/mol. The van der Waals surface area contributed by atoms with E-state index in [1.54, 1.807) is 0 Å². The van der Waals surface area contributed by atoms with Crippen molar-refractivity contribution in [2.45, 2.75) is 41.0 Å². The van der Waals surface area contributed by atoms with Crippen LogP contribution in [0.15, 0.2) is 18.2 Å². The molecule has 0 saturated carbocycles. The fourth-order valence-corrected chi connectivity index (χ4v) is 1.55. The fourth-order valence-electron chi connectivity index (χ4n) is 1.33. The molecule has 0 unspecified atom stereocenters. The molecule has 0 aliphatic carbocycles. The Kier molecular flexibility index (Phi) is 6.65. The summed E-state index contributed by atoms with van der Waals surface area (Å²) in [6.45, 7) is 10.6. The summed E-state index contributed by atoms with van der Waals surface area (Å²) in [4.78, 5) is 0. The van der Waals surface area contributed by atoms with Gasteiger partial charge >= 0.3 is 0 Å². The molecule has 0 spiro atoms. The average Bonchev–Trinajstić information content (AvgIpc) is 2.13. The molecule has 0 atom stereocenters. The average molecular weight is 213 g/mol. The molecule has 14 heavy (non-hydrogen) atoms. The molecule has 0 radical (unpaired) electrons. The van der Waals surface area contributed by atoms with E-state index in [-0.39, 0.29) is 0 Å². The van der Waals surface area contributed by atoms with Gasteiger partial charge in [-0.3, -0.25) is 0 Å². The first-order valence-corrected chi connectivity index (χ1v) is 5.72. The summed E-state index contributed by atoms with van der Waals surface area (Å²) in [6, 6.07) is 6.11. The van der Waals surface area contributed by atoms with Gasteiger partial charge in [0.05, 0.1) is 0 Å². The molecule has 0 aromatic heterocycles. The maximum absolute atomic E-state index is 5.85. The van der Waals surface area contributed by atoms with Crippen LogP contribution >= 0.6 is 11.6 Å². The van der Waals surface area contributed by atoms with Gasteiger partial charge in [-0.1, -0.05) is 45.4 Å². The summed E-state index contributed by atoms with van der Waals surface area (Å²) in [7, 11) is 0. The van der Waals surface area contributed by atoms with Crippen LogP contribution in [-0.2, 0) is 6.42 Å². The molecule has 0 heterocycles. The van der Waals surface area contributed by atoms with E-state index in [4.69, 9.17) is 11.6 Å². The molecule has 1 aromatic rings. The highest BCUT2D eigenvalue weighted by Gasteiger charge is 2.01. The third-order valence-electron chi connectivity index (χ3n) is 1.93. The highest BCUT2D eigenvalue weighted by Crippen LogP contribution is 2.17. The number of benzene rings is 1. The van der Waals surface area contributed by atoms with Crippen LogP contribution in [0.3, 0.4) is 0 Å². The minimum atomic E-state index is 0.713. The molecule has 0 aliphatic heterocycles. The standard InChI is InChI=1S/C11H15Cl.C2H6/c1-8(2)6-10-4-5-11(12)7-9(10)3;1-2/h4-5,7-8H,6H2,1-3H3;1-2H3. The van der Waals surface area contributed by atoms with Gasteiger partial charge in [-0.15, -0.1) is 0 Å². The predicted octanol–water partition coefficient (Wildman–Crippen LogP) is 4.87. The Morgan fingerprint density at radius 3 is 2.21 bits per heavy atom. The second kappa shape index (κ2) is 6.89. The SMILES string of the molecule is CC.Cc1cc(Cl)ccc1CC(C)C. The van der Waals surface area contributed by atoms with E-state index in [2.05, 4.69) is 26.8 Å². The zero-order chi connectivity index (χ0) is 11.1. The Morgan fingerprint density at radius 1 is 1.21 bits per heavy atom. The molecule has 1 rings (SSSR count). The summed E-state index contributed by atoms with van der Waals surface area (Å²) < 4.78 is 0. The van der Waals surface area contributed by atoms with E-state index in [1.807, 2.05) is 26.0 Å². The Morgan fingerprint density at radius 2 is 1.79 bits per heavy atom. The number of hydrogen-bond acceptors (Lipinski definition) is 0. The maximum Gasteiger partial charge on any atom is 0.0408 e. The number of rotatable bonds is 2. The molecule has 0 N–H and O–H groups in total. The van der Waals surface area contributed by atoms with Gasteiger partial charge in [0.15, 0.2) is 0 Å². The molecule has 0 bridgehead atoms. The van der Waals surface area contributed by atoms with Crippen molar-refractivity contribution in [3.05, 3.63) is 34.3 Å². The minimum absolute atomic E-state index is 0.713. The molecule has 0 saturated heterocycles. The second-order valence-corrected chi connectivity index (χ2v) is 4.11. The topological polar surface area (TPSA) is 0 Å². The van der Waals surface area contributed by atoms with Crippen molar-refractivity contribution >= 4 is 11.6 Å². The van der Waals surface area contributed by atoms with Gasteiger partial charge in [-0.2, -0.15) is 0 Å². The molecule has 1 heteroatoms. The first kappa shape index (κ1) is 13.5. The lowest BCUT2D eigenvalue weighted by atomic mass is 9.99. The molecule has 0 amide bonds. The monoisotopic (exact) mass is 212 g/mol. The van der Waals surface area contributed by atoms with E-state index in [0.717, 1.165) is 11.4 Å². The zero-order valence-electron chi connectivity index (χ0n) is 9.89. The van der Waals surface area contributed by atoms with Gasteiger partial charge in [-0.05, 0) is 42.5 Å². The van der Waals surface area contributed by atoms with Crippen LogP contribution in [0.1, 0.15) is 38.8 Å². The minimum Gasteiger partial charge on any atom is -0.0843 e. The highest BCUT2D eigenvalue weighted by molar-refractivity contribution is 6.30. The van der Waals surface area contributed by atoms with Crippen molar-refractivity contribution in [1.82, 2.24) is 0 Å². The maximum atomic E-state index is 5.85. The van der Waals surface area contributed by atoms with Crippen LogP contribution < -0.4 is 0 Å². The molecule has 1 aromatic carbocycles. The normalized spacial score (nSPS) is 9.64. The molecule has 0 aliphatic rings. The van der Waals surface area contributed by atoms with Crippen LogP contribution in [0, 0.1) is 12.8 Å². The summed E-state index contributed by atoms with van der Waals surface area (Å²) in [6.07, 6.45) is 1.14. The van der Waals surface area contributed by atoms with Crippen molar-refractivity contribution < 1.29 is 0 Å². The Bertz CT molecular complexity index is 264. The largest absolute Gasteiger partial charge is 0.0843 e. The number of aryl methyl sites for hydroxylation is 1. The van der Waals surface area contributed by atoms with Gasteiger partial charge in [0, 0.05) is 5.02 Å². The number of halogens is 1. The van der Waals surface area contributed by atoms with Crippen LogP contribution in [0.2, 0.25) is 5.02 Å².